The van der Waals surface area contributed by atoms with Crippen LogP contribution in [0.15, 0.2) is 18.2 Å². The zero-order chi connectivity index (χ0) is 12.4. The highest BCUT2D eigenvalue weighted by atomic mass is 32.1. The van der Waals surface area contributed by atoms with Crippen LogP contribution in [0.1, 0.15) is 18.4 Å². The number of nitrogens with two attached hydrogens (primary N) is 1. The second-order valence-corrected chi connectivity index (χ2v) is 4.56. The van der Waals surface area contributed by atoms with Crippen molar-refractivity contribution in [1.82, 2.24) is 0 Å². The Balaban J connectivity index is 2.28. The van der Waals surface area contributed by atoms with Gasteiger partial charge in [0, 0.05) is 25.1 Å². The zero-order valence-corrected chi connectivity index (χ0v) is 10.1. The molecule has 0 atom stereocenters. The lowest BCUT2D eigenvalue weighted by Crippen LogP contribution is -2.37. The third kappa shape index (κ3) is 2.61. The van der Waals surface area contributed by atoms with Crippen molar-refractivity contribution in [3.8, 4) is 0 Å². The summed E-state index contributed by atoms with van der Waals surface area (Å²) in [6, 6.07) is 4.54. The number of fused-ring (bicyclic) bond motifs is 1. The number of amides is 1. The molecule has 0 saturated carbocycles. The largest absolute Gasteiger partial charge is 0.393 e. The summed E-state index contributed by atoms with van der Waals surface area (Å²) in [4.78, 5) is 13.7. The molecule has 1 amide bonds. The van der Waals surface area contributed by atoms with Gasteiger partial charge in [-0.2, -0.15) is 0 Å². The van der Waals surface area contributed by atoms with Gasteiger partial charge in [-0.15, -0.1) is 0 Å². The van der Waals surface area contributed by atoms with Crippen LogP contribution in [0.5, 0.6) is 0 Å². The highest BCUT2D eigenvalue weighted by Gasteiger charge is 2.24. The second-order valence-electron chi connectivity index (χ2n) is 4.03. The van der Waals surface area contributed by atoms with Crippen molar-refractivity contribution < 1.29 is 9.18 Å². The SMILES string of the molecule is NC(=S)CCN1C(=O)CCc2ccc(F)cc21. The van der Waals surface area contributed by atoms with E-state index < -0.39 is 0 Å². The van der Waals surface area contributed by atoms with Crippen LogP contribution in [0, 0.1) is 5.82 Å². The highest BCUT2D eigenvalue weighted by Crippen LogP contribution is 2.28. The van der Waals surface area contributed by atoms with Gasteiger partial charge in [-0.05, 0) is 24.1 Å². The molecule has 5 heteroatoms. The van der Waals surface area contributed by atoms with Crippen LogP contribution in [0.3, 0.4) is 0 Å². The maximum atomic E-state index is 13.2. The minimum atomic E-state index is -0.334. The van der Waals surface area contributed by atoms with E-state index in [2.05, 4.69) is 0 Å². The van der Waals surface area contributed by atoms with E-state index in [1.807, 2.05) is 0 Å². The Kier molecular flexibility index (Phi) is 3.38. The lowest BCUT2D eigenvalue weighted by atomic mass is 10.0. The first-order chi connectivity index (χ1) is 8.08. The maximum Gasteiger partial charge on any atom is 0.227 e. The van der Waals surface area contributed by atoms with E-state index in [4.69, 9.17) is 18.0 Å². The van der Waals surface area contributed by atoms with Gasteiger partial charge in [-0.3, -0.25) is 4.79 Å². The molecular formula is C12H13FN2OS. The number of thiocarbonyl (C=S) groups is 1. The van der Waals surface area contributed by atoms with Crippen molar-refractivity contribution in [3.05, 3.63) is 29.6 Å². The van der Waals surface area contributed by atoms with Gasteiger partial charge in [0.05, 0.1) is 4.99 Å². The molecule has 1 aromatic carbocycles. The highest BCUT2D eigenvalue weighted by molar-refractivity contribution is 7.80. The molecule has 1 heterocycles. The third-order valence-corrected chi connectivity index (χ3v) is 3.03. The number of aryl methyl sites for hydroxylation is 1. The fourth-order valence-electron chi connectivity index (χ4n) is 1.98. The van der Waals surface area contributed by atoms with E-state index >= 15 is 0 Å². The molecule has 2 rings (SSSR count). The summed E-state index contributed by atoms with van der Waals surface area (Å²) < 4.78 is 13.2. The summed E-state index contributed by atoms with van der Waals surface area (Å²) in [5.41, 5.74) is 7.07. The molecule has 3 nitrogen and oxygen atoms in total. The van der Waals surface area contributed by atoms with Crippen LogP contribution in [0.4, 0.5) is 10.1 Å². The molecule has 0 unspecified atom stereocenters. The number of carbonyl (C=O) groups excluding carboxylic acids is 1. The summed E-state index contributed by atoms with van der Waals surface area (Å²) >= 11 is 4.79. The van der Waals surface area contributed by atoms with Gasteiger partial charge >= 0.3 is 0 Å². The van der Waals surface area contributed by atoms with Gasteiger partial charge in [0.25, 0.3) is 0 Å². The summed E-state index contributed by atoms with van der Waals surface area (Å²) in [6.45, 7) is 0.421. The summed E-state index contributed by atoms with van der Waals surface area (Å²) in [5.74, 6) is -0.335. The number of hydrogen-bond donors (Lipinski definition) is 1. The minimum absolute atomic E-state index is 0.000602. The molecule has 0 radical (unpaired) electrons. The average molecular weight is 252 g/mol. The van der Waals surface area contributed by atoms with Crippen molar-refractivity contribution in [3.63, 3.8) is 0 Å². The number of nitrogens with zero attached hydrogens (tertiary/aromatic N) is 1. The predicted octanol–water partition coefficient (Wildman–Crippen LogP) is 1.78. The van der Waals surface area contributed by atoms with Gasteiger partial charge < -0.3 is 10.6 Å². The van der Waals surface area contributed by atoms with Crippen LogP contribution in [-0.2, 0) is 11.2 Å². The lowest BCUT2D eigenvalue weighted by Gasteiger charge is -2.29. The fraction of sp³-hybridized carbons (Fsp3) is 0.333. The van der Waals surface area contributed by atoms with Gasteiger partial charge in [-0.1, -0.05) is 18.3 Å². The van der Waals surface area contributed by atoms with Crippen LogP contribution in [0.25, 0.3) is 0 Å². The van der Waals surface area contributed by atoms with Crippen molar-refractivity contribution in [2.45, 2.75) is 19.3 Å². The van der Waals surface area contributed by atoms with E-state index in [0.29, 0.717) is 36.5 Å². The molecule has 0 aliphatic carbocycles. The number of carbonyl (C=O) groups is 1. The monoisotopic (exact) mass is 252 g/mol. The molecule has 1 aliphatic rings. The molecule has 1 aliphatic heterocycles. The first kappa shape index (κ1) is 12.0. The topological polar surface area (TPSA) is 46.3 Å². The standard InChI is InChI=1S/C12H13FN2OS/c13-9-3-1-8-2-4-12(16)15(10(8)7-9)6-5-11(14)17/h1,3,7H,2,4-6H2,(H2,14,17). The zero-order valence-electron chi connectivity index (χ0n) is 9.28. The Morgan fingerprint density at radius 3 is 2.94 bits per heavy atom. The minimum Gasteiger partial charge on any atom is -0.393 e. The molecule has 0 saturated heterocycles. The second kappa shape index (κ2) is 4.79. The quantitative estimate of drug-likeness (QED) is 0.834. The van der Waals surface area contributed by atoms with Crippen molar-refractivity contribution >= 4 is 28.8 Å². The Morgan fingerprint density at radius 2 is 2.24 bits per heavy atom. The molecule has 90 valence electrons. The number of anilines is 1. The fourth-order valence-corrected chi connectivity index (χ4v) is 2.07. The van der Waals surface area contributed by atoms with Gasteiger partial charge in [0.1, 0.15) is 5.82 Å². The molecule has 0 spiro atoms. The molecule has 0 bridgehead atoms. The maximum absolute atomic E-state index is 13.2. The third-order valence-electron chi connectivity index (χ3n) is 2.83. The van der Waals surface area contributed by atoms with E-state index in [1.165, 1.54) is 12.1 Å². The van der Waals surface area contributed by atoms with E-state index in [-0.39, 0.29) is 11.7 Å². The van der Waals surface area contributed by atoms with Gasteiger partial charge in [0.2, 0.25) is 5.91 Å². The lowest BCUT2D eigenvalue weighted by molar-refractivity contribution is -0.118. The van der Waals surface area contributed by atoms with Crippen LogP contribution >= 0.6 is 12.2 Å². The Labute approximate surface area is 104 Å². The van der Waals surface area contributed by atoms with E-state index in [0.717, 1.165) is 5.56 Å². The smallest absolute Gasteiger partial charge is 0.227 e. The number of benzene rings is 1. The number of rotatable bonds is 3. The number of hydrogen-bond acceptors (Lipinski definition) is 2. The van der Waals surface area contributed by atoms with Gasteiger partial charge in [0.15, 0.2) is 0 Å². The first-order valence-electron chi connectivity index (χ1n) is 5.45. The Bertz CT molecular complexity index is 476. The van der Waals surface area contributed by atoms with E-state index in [1.54, 1.807) is 11.0 Å². The molecule has 2 N–H and O–H groups in total. The first-order valence-corrected chi connectivity index (χ1v) is 5.86. The molecule has 1 aromatic rings. The average Bonchev–Trinajstić information content (AvgIpc) is 2.27. The van der Waals surface area contributed by atoms with Crippen LogP contribution in [-0.4, -0.2) is 17.4 Å². The van der Waals surface area contributed by atoms with Gasteiger partial charge in [-0.25, -0.2) is 4.39 Å². The van der Waals surface area contributed by atoms with Crippen LogP contribution < -0.4 is 10.6 Å². The molecule has 17 heavy (non-hydrogen) atoms. The Morgan fingerprint density at radius 1 is 1.47 bits per heavy atom. The number of halogens is 1. The normalized spacial score (nSPS) is 14.6. The molecule has 0 aromatic heterocycles. The molecular weight excluding hydrogens is 239 g/mol. The summed E-state index contributed by atoms with van der Waals surface area (Å²) in [5, 5.41) is 0. The van der Waals surface area contributed by atoms with Crippen molar-refractivity contribution in [2.24, 2.45) is 5.73 Å². The van der Waals surface area contributed by atoms with Crippen molar-refractivity contribution in [2.75, 3.05) is 11.4 Å². The van der Waals surface area contributed by atoms with Crippen LogP contribution in [0.2, 0.25) is 0 Å². The molecule has 0 fully saturated rings. The van der Waals surface area contributed by atoms with E-state index in [9.17, 15) is 9.18 Å². The summed E-state index contributed by atoms with van der Waals surface area (Å²) in [6.07, 6.45) is 1.57. The Hall–Kier alpha value is -1.49. The summed E-state index contributed by atoms with van der Waals surface area (Å²) in [7, 11) is 0. The predicted molar refractivity (Wildman–Crippen MR) is 68.5 cm³/mol. The van der Waals surface area contributed by atoms with Crippen molar-refractivity contribution in [1.29, 1.82) is 0 Å².